The molecule has 19 heavy (non-hydrogen) atoms. The Morgan fingerprint density at radius 1 is 1.47 bits per heavy atom. The highest BCUT2D eigenvalue weighted by Crippen LogP contribution is 2.40. The van der Waals surface area contributed by atoms with Gasteiger partial charge in [0.15, 0.2) is 0 Å². The van der Waals surface area contributed by atoms with Crippen molar-refractivity contribution < 1.29 is 9.53 Å². The summed E-state index contributed by atoms with van der Waals surface area (Å²) >= 11 is 1.94. The van der Waals surface area contributed by atoms with Crippen molar-refractivity contribution in [1.29, 1.82) is 0 Å². The minimum atomic E-state index is -0.0966. The van der Waals surface area contributed by atoms with Crippen LogP contribution in [-0.4, -0.2) is 36.7 Å². The molecule has 1 N–H and O–H groups in total. The second-order valence-corrected chi connectivity index (χ2v) is 7.55. The van der Waals surface area contributed by atoms with E-state index in [9.17, 15) is 4.79 Å². The number of carbonyl (C=O) groups is 1. The van der Waals surface area contributed by atoms with Gasteiger partial charge in [0.25, 0.3) is 0 Å². The Morgan fingerprint density at radius 3 is 2.84 bits per heavy atom. The highest BCUT2D eigenvalue weighted by Gasteiger charge is 2.34. The van der Waals surface area contributed by atoms with Gasteiger partial charge in [0.05, 0.1) is 13.5 Å². The minimum absolute atomic E-state index is 0.0966. The topological polar surface area (TPSA) is 38.3 Å². The Balaban J connectivity index is 2.44. The van der Waals surface area contributed by atoms with Crippen LogP contribution in [0.3, 0.4) is 0 Å². The molecule has 0 aromatic heterocycles. The van der Waals surface area contributed by atoms with E-state index in [1.165, 1.54) is 32.8 Å². The van der Waals surface area contributed by atoms with Crippen molar-refractivity contribution in [1.82, 2.24) is 5.32 Å². The van der Waals surface area contributed by atoms with E-state index in [-0.39, 0.29) is 5.97 Å². The summed E-state index contributed by atoms with van der Waals surface area (Å²) in [7, 11) is 1.46. The Labute approximate surface area is 122 Å². The van der Waals surface area contributed by atoms with Crippen LogP contribution in [-0.2, 0) is 9.53 Å². The molecule has 2 atom stereocenters. The van der Waals surface area contributed by atoms with E-state index in [0.29, 0.717) is 23.1 Å². The number of hydrogen-bond acceptors (Lipinski definition) is 4. The van der Waals surface area contributed by atoms with Crippen LogP contribution in [0.5, 0.6) is 0 Å². The lowest BCUT2D eigenvalue weighted by molar-refractivity contribution is -0.140. The van der Waals surface area contributed by atoms with Gasteiger partial charge < -0.3 is 10.1 Å². The third-order valence-electron chi connectivity index (χ3n) is 3.86. The van der Waals surface area contributed by atoms with Gasteiger partial charge in [0.1, 0.15) is 0 Å². The molecule has 1 saturated carbocycles. The number of thioether (sulfide) groups is 1. The molecule has 1 fully saturated rings. The second-order valence-electron chi connectivity index (χ2n) is 6.20. The van der Waals surface area contributed by atoms with Crippen molar-refractivity contribution in [3.8, 4) is 0 Å². The quantitative estimate of drug-likeness (QED) is 0.730. The molecule has 0 saturated heterocycles. The van der Waals surface area contributed by atoms with Crippen LogP contribution in [0.2, 0.25) is 0 Å². The lowest BCUT2D eigenvalue weighted by Gasteiger charge is -2.41. The van der Waals surface area contributed by atoms with E-state index in [1.807, 2.05) is 11.8 Å². The van der Waals surface area contributed by atoms with Crippen molar-refractivity contribution in [2.75, 3.05) is 19.4 Å². The lowest BCUT2D eigenvalue weighted by atomic mass is 9.75. The normalized spacial score (nSPS) is 26.1. The number of carbonyl (C=O) groups excluding carboxylic acids is 1. The number of ether oxygens (including phenoxy) is 1. The fraction of sp³-hybridized carbons (Fsp3) is 0.933. The molecule has 0 heterocycles. The maximum absolute atomic E-state index is 11.2. The molecule has 0 spiro atoms. The summed E-state index contributed by atoms with van der Waals surface area (Å²) in [5.41, 5.74) is 0.438. The molecule has 3 nitrogen and oxygen atoms in total. The Bertz CT molecular complexity index is 281. The van der Waals surface area contributed by atoms with Crippen LogP contribution in [0.15, 0.2) is 0 Å². The summed E-state index contributed by atoms with van der Waals surface area (Å²) in [5, 5.41) is 4.30. The predicted octanol–water partition coefficient (Wildman–Crippen LogP) is 3.23. The first-order chi connectivity index (χ1) is 8.98. The second kappa shape index (κ2) is 8.15. The monoisotopic (exact) mass is 287 g/mol. The minimum Gasteiger partial charge on any atom is -0.469 e. The van der Waals surface area contributed by atoms with Crippen LogP contribution in [0.1, 0.15) is 52.9 Å². The zero-order chi connectivity index (χ0) is 14.3. The van der Waals surface area contributed by atoms with E-state index >= 15 is 0 Å². The maximum Gasteiger partial charge on any atom is 0.306 e. The summed E-state index contributed by atoms with van der Waals surface area (Å²) in [6.45, 7) is 8.02. The van der Waals surface area contributed by atoms with Gasteiger partial charge in [-0.1, -0.05) is 20.8 Å². The van der Waals surface area contributed by atoms with E-state index in [1.54, 1.807) is 0 Å². The van der Waals surface area contributed by atoms with Gasteiger partial charge in [0.2, 0.25) is 0 Å². The first-order valence-electron chi connectivity index (χ1n) is 7.40. The number of hydrogen-bond donors (Lipinski definition) is 1. The molecular formula is C15H29NO2S. The molecule has 2 unspecified atom stereocenters. The third kappa shape index (κ3) is 6.17. The van der Waals surface area contributed by atoms with Crippen LogP contribution in [0.4, 0.5) is 0 Å². The van der Waals surface area contributed by atoms with Gasteiger partial charge in [-0.3, -0.25) is 4.79 Å². The van der Waals surface area contributed by atoms with Gasteiger partial charge in [-0.2, -0.15) is 11.8 Å². The highest BCUT2D eigenvalue weighted by atomic mass is 32.2. The smallest absolute Gasteiger partial charge is 0.306 e. The van der Waals surface area contributed by atoms with Gasteiger partial charge in [0, 0.05) is 17.0 Å². The number of esters is 1. The molecular weight excluding hydrogens is 258 g/mol. The van der Waals surface area contributed by atoms with Gasteiger partial charge in [-0.25, -0.2) is 0 Å². The van der Waals surface area contributed by atoms with E-state index in [0.717, 1.165) is 12.3 Å². The molecule has 4 heteroatoms. The average Bonchev–Trinajstić information content (AvgIpc) is 2.37. The molecule has 0 aromatic rings. The zero-order valence-corrected chi connectivity index (χ0v) is 13.6. The molecule has 1 rings (SSSR count). The Hall–Kier alpha value is -0.220. The fourth-order valence-electron chi connectivity index (χ4n) is 2.66. The molecule has 0 aliphatic heterocycles. The number of nitrogens with one attached hydrogen (secondary N) is 1. The van der Waals surface area contributed by atoms with Crippen molar-refractivity contribution in [2.24, 2.45) is 5.41 Å². The summed E-state index contributed by atoms with van der Waals surface area (Å²) in [6, 6.07) is 0.607. The standard InChI is InChI=1S/C15H29NO2S/c1-5-9-16-12-6-8-15(2,3)11-13(12)19-10-7-14(17)18-4/h12-13,16H,5-11H2,1-4H3. The molecule has 0 amide bonds. The van der Waals surface area contributed by atoms with E-state index in [2.05, 4.69) is 26.1 Å². The fourth-order valence-corrected chi connectivity index (χ4v) is 4.28. The first kappa shape index (κ1) is 16.8. The van der Waals surface area contributed by atoms with E-state index in [4.69, 9.17) is 4.74 Å². The largest absolute Gasteiger partial charge is 0.469 e. The van der Waals surface area contributed by atoms with Crippen molar-refractivity contribution in [2.45, 2.75) is 64.2 Å². The average molecular weight is 287 g/mol. The van der Waals surface area contributed by atoms with Crippen molar-refractivity contribution >= 4 is 17.7 Å². The van der Waals surface area contributed by atoms with Crippen molar-refractivity contribution in [3.63, 3.8) is 0 Å². The SMILES string of the molecule is CCCNC1CCC(C)(C)CC1SCCC(=O)OC. The summed E-state index contributed by atoms with van der Waals surface area (Å²) in [5.74, 6) is 0.776. The van der Waals surface area contributed by atoms with Crippen LogP contribution in [0, 0.1) is 5.41 Å². The number of methoxy groups -OCH3 is 1. The summed E-state index contributed by atoms with van der Waals surface area (Å²) in [6.07, 6.45) is 5.49. The van der Waals surface area contributed by atoms with E-state index < -0.39 is 0 Å². The number of rotatable bonds is 7. The summed E-state index contributed by atoms with van der Waals surface area (Å²) in [4.78, 5) is 11.2. The first-order valence-corrected chi connectivity index (χ1v) is 8.45. The van der Waals surface area contributed by atoms with Gasteiger partial charge in [-0.15, -0.1) is 0 Å². The third-order valence-corrected chi connectivity index (χ3v) is 5.22. The molecule has 0 bridgehead atoms. The predicted molar refractivity (Wildman–Crippen MR) is 82.6 cm³/mol. The van der Waals surface area contributed by atoms with Gasteiger partial charge in [-0.05, 0) is 37.6 Å². The molecule has 0 radical (unpaired) electrons. The van der Waals surface area contributed by atoms with Crippen LogP contribution >= 0.6 is 11.8 Å². The van der Waals surface area contributed by atoms with Crippen LogP contribution < -0.4 is 5.32 Å². The lowest BCUT2D eigenvalue weighted by Crippen LogP contribution is -2.45. The zero-order valence-electron chi connectivity index (χ0n) is 12.8. The summed E-state index contributed by atoms with van der Waals surface area (Å²) < 4.78 is 4.70. The maximum atomic E-state index is 11.2. The molecule has 1 aliphatic rings. The van der Waals surface area contributed by atoms with Crippen molar-refractivity contribution in [3.05, 3.63) is 0 Å². The highest BCUT2D eigenvalue weighted by molar-refractivity contribution is 7.99. The molecule has 112 valence electrons. The molecule has 1 aliphatic carbocycles. The van der Waals surface area contributed by atoms with Crippen LogP contribution in [0.25, 0.3) is 0 Å². The Kier molecular flexibility index (Phi) is 7.22. The van der Waals surface area contributed by atoms with Gasteiger partial charge >= 0.3 is 5.97 Å². The molecule has 0 aromatic carbocycles. The Morgan fingerprint density at radius 2 is 2.21 bits per heavy atom.